The van der Waals surface area contributed by atoms with Gasteiger partial charge in [0.1, 0.15) is 5.82 Å². The van der Waals surface area contributed by atoms with Gasteiger partial charge >= 0.3 is 0 Å². The Morgan fingerprint density at radius 3 is 2.83 bits per heavy atom. The number of aromatic nitrogens is 2. The fourth-order valence-corrected chi connectivity index (χ4v) is 1.79. The lowest BCUT2D eigenvalue weighted by atomic mass is 10.2. The first-order valence-electron chi connectivity index (χ1n) is 5.79. The molecule has 0 saturated carbocycles. The maximum atomic E-state index is 8.65. The van der Waals surface area contributed by atoms with Crippen molar-refractivity contribution in [3.8, 4) is 6.07 Å². The van der Waals surface area contributed by atoms with Crippen molar-refractivity contribution in [2.24, 2.45) is 0 Å². The van der Waals surface area contributed by atoms with E-state index in [0.29, 0.717) is 18.9 Å². The summed E-state index contributed by atoms with van der Waals surface area (Å²) >= 11 is 0. The lowest BCUT2D eigenvalue weighted by molar-refractivity contribution is 0.888. The van der Waals surface area contributed by atoms with Crippen molar-refractivity contribution in [1.29, 1.82) is 5.26 Å². The Hall–Kier alpha value is -2.35. The lowest BCUT2D eigenvalue weighted by Gasteiger charge is -2.19. The zero-order valence-electron chi connectivity index (χ0n) is 10.5. The number of nitrogens with one attached hydrogen (secondary N) is 1. The summed E-state index contributed by atoms with van der Waals surface area (Å²) in [6.07, 6.45) is 0.476. The molecule has 1 aromatic heterocycles. The SMILES string of the molecule is CNc1nc(N(C)CCC#N)c2ccccc2n1. The number of para-hydroxylation sites is 1. The van der Waals surface area contributed by atoms with Crippen molar-refractivity contribution < 1.29 is 0 Å². The first-order chi connectivity index (χ1) is 8.76. The second-order valence-electron chi connectivity index (χ2n) is 3.97. The molecular weight excluding hydrogens is 226 g/mol. The number of hydrogen-bond acceptors (Lipinski definition) is 5. The number of hydrogen-bond donors (Lipinski definition) is 1. The van der Waals surface area contributed by atoms with Crippen LogP contribution in [0.2, 0.25) is 0 Å². The molecule has 1 heterocycles. The smallest absolute Gasteiger partial charge is 0.224 e. The van der Waals surface area contributed by atoms with Crippen LogP contribution in [0.4, 0.5) is 11.8 Å². The summed E-state index contributed by atoms with van der Waals surface area (Å²) in [5.74, 6) is 1.44. The van der Waals surface area contributed by atoms with Crippen LogP contribution in [0.3, 0.4) is 0 Å². The van der Waals surface area contributed by atoms with Gasteiger partial charge in [-0.15, -0.1) is 0 Å². The van der Waals surface area contributed by atoms with Gasteiger partial charge in [-0.1, -0.05) is 12.1 Å². The van der Waals surface area contributed by atoms with Crippen molar-refractivity contribution in [2.45, 2.75) is 6.42 Å². The van der Waals surface area contributed by atoms with E-state index in [2.05, 4.69) is 21.4 Å². The van der Waals surface area contributed by atoms with Gasteiger partial charge in [0, 0.05) is 26.0 Å². The Kier molecular flexibility index (Phi) is 3.58. The van der Waals surface area contributed by atoms with E-state index < -0.39 is 0 Å². The largest absolute Gasteiger partial charge is 0.358 e. The van der Waals surface area contributed by atoms with E-state index in [0.717, 1.165) is 16.7 Å². The van der Waals surface area contributed by atoms with Crippen LogP contribution in [0.25, 0.3) is 10.9 Å². The van der Waals surface area contributed by atoms with Crippen LogP contribution in [-0.4, -0.2) is 30.6 Å². The monoisotopic (exact) mass is 241 g/mol. The molecule has 0 bridgehead atoms. The first kappa shape index (κ1) is 12.1. The van der Waals surface area contributed by atoms with Gasteiger partial charge in [-0.2, -0.15) is 10.2 Å². The standard InChI is InChI=1S/C13H15N5/c1-15-13-16-11-7-4-3-6-10(11)12(17-13)18(2)9-5-8-14/h3-4,6-7H,5,9H2,1-2H3,(H,15,16,17). The number of benzene rings is 1. The number of anilines is 2. The van der Waals surface area contributed by atoms with Crippen molar-refractivity contribution >= 4 is 22.7 Å². The second-order valence-corrected chi connectivity index (χ2v) is 3.97. The van der Waals surface area contributed by atoms with Crippen LogP contribution in [0.15, 0.2) is 24.3 Å². The molecule has 0 aliphatic carbocycles. The molecule has 0 saturated heterocycles. The minimum atomic E-state index is 0.476. The van der Waals surface area contributed by atoms with Gasteiger partial charge in [-0.3, -0.25) is 0 Å². The average Bonchev–Trinajstić information content (AvgIpc) is 2.43. The van der Waals surface area contributed by atoms with Crippen molar-refractivity contribution in [3.63, 3.8) is 0 Å². The van der Waals surface area contributed by atoms with Gasteiger partial charge in [0.05, 0.1) is 18.0 Å². The van der Waals surface area contributed by atoms with Gasteiger partial charge in [-0.05, 0) is 12.1 Å². The molecule has 18 heavy (non-hydrogen) atoms. The minimum Gasteiger partial charge on any atom is -0.358 e. The summed E-state index contributed by atoms with van der Waals surface area (Å²) in [4.78, 5) is 10.8. The quantitative estimate of drug-likeness (QED) is 0.887. The molecule has 0 fully saturated rings. The van der Waals surface area contributed by atoms with Crippen LogP contribution >= 0.6 is 0 Å². The van der Waals surface area contributed by atoms with E-state index in [1.807, 2.05) is 36.2 Å². The summed E-state index contributed by atoms with van der Waals surface area (Å²) in [6.45, 7) is 0.653. The fraction of sp³-hybridized carbons (Fsp3) is 0.308. The summed E-state index contributed by atoms with van der Waals surface area (Å²) in [7, 11) is 3.73. The molecule has 0 amide bonds. The molecular formula is C13H15N5. The van der Waals surface area contributed by atoms with Crippen LogP contribution < -0.4 is 10.2 Å². The summed E-state index contributed by atoms with van der Waals surface area (Å²) in [6, 6.07) is 10.0. The molecule has 0 radical (unpaired) electrons. The van der Waals surface area contributed by atoms with Crippen LogP contribution in [-0.2, 0) is 0 Å². The van der Waals surface area contributed by atoms with Crippen molar-refractivity contribution in [1.82, 2.24) is 9.97 Å². The normalized spacial score (nSPS) is 10.1. The van der Waals surface area contributed by atoms with E-state index in [-0.39, 0.29) is 0 Å². The Morgan fingerprint density at radius 2 is 2.11 bits per heavy atom. The number of nitriles is 1. The van der Waals surface area contributed by atoms with Gasteiger partial charge in [0.2, 0.25) is 5.95 Å². The molecule has 0 aliphatic heterocycles. The Morgan fingerprint density at radius 1 is 1.33 bits per heavy atom. The molecule has 0 aliphatic rings. The molecule has 5 nitrogen and oxygen atoms in total. The highest BCUT2D eigenvalue weighted by Gasteiger charge is 2.10. The fourth-order valence-electron chi connectivity index (χ4n) is 1.79. The molecule has 0 spiro atoms. The van der Waals surface area contributed by atoms with E-state index in [4.69, 9.17) is 5.26 Å². The summed E-state index contributed by atoms with van der Waals surface area (Å²) in [5.41, 5.74) is 0.899. The molecule has 1 N–H and O–H groups in total. The maximum Gasteiger partial charge on any atom is 0.224 e. The zero-order valence-corrected chi connectivity index (χ0v) is 10.5. The Bertz CT molecular complexity index is 587. The lowest BCUT2D eigenvalue weighted by Crippen LogP contribution is -2.20. The second kappa shape index (κ2) is 5.32. The Balaban J connectivity index is 2.50. The van der Waals surface area contributed by atoms with Crippen LogP contribution in [0.5, 0.6) is 0 Å². The van der Waals surface area contributed by atoms with E-state index >= 15 is 0 Å². The number of nitrogens with zero attached hydrogens (tertiary/aromatic N) is 4. The van der Waals surface area contributed by atoms with Gasteiger partial charge < -0.3 is 10.2 Å². The molecule has 0 atom stereocenters. The third kappa shape index (κ3) is 2.33. The van der Waals surface area contributed by atoms with E-state index in [1.165, 1.54) is 0 Å². The molecule has 0 unspecified atom stereocenters. The molecule has 5 heteroatoms. The molecule has 1 aromatic carbocycles. The summed E-state index contributed by atoms with van der Waals surface area (Å²) in [5, 5.41) is 12.6. The maximum absolute atomic E-state index is 8.65. The highest BCUT2D eigenvalue weighted by molar-refractivity contribution is 5.90. The van der Waals surface area contributed by atoms with Gasteiger partial charge in [-0.25, -0.2) is 4.98 Å². The molecule has 2 aromatic rings. The van der Waals surface area contributed by atoms with E-state index in [9.17, 15) is 0 Å². The predicted octanol–water partition coefficient (Wildman–Crippen LogP) is 2.02. The average molecular weight is 241 g/mol. The summed E-state index contributed by atoms with van der Waals surface area (Å²) < 4.78 is 0. The van der Waals surface area contributed by atoms with Crippen LogP contribution in [0, 0.1) is 11.3 Å². The third-order valence-corrected chi connectivity index (χ3v) is 2.73. The highest BCUT2D eigenvalue weighted by atomic mass is 15.2. The van der Waals surface area contributed by atoms with Crippen LogP contribution in [0.1, 0.15) is 6.42 Å². The molecule has 92 valence electrons. The first-order valence-corrected chi connectivity index (χ1v) is 5.79. The topological polar surface area (TPSA) is 64.8 Å². The van der Waals surface area contributed by atoms with Gasteiger partial charge in [0.25, 0.3) is 0 Å². The zero-order chi connectivity index (χ0) is 13.0. The minimum absolute atomic E-state index is 0.476. The number of fused-ring (bicyclic) bond motifs is 1. The molecule has 2 rings (SSSR count). The Labute approximate surface area is 106 Å². The third-order valence-electron chi connectivity index (χ3n) is 2.73. The van der Waals surface area contributed by atoms with Gasteiger partial charge in [0.15, 0.2) is 0 Å². The van der Waals surface area contributed by atoms with E-state index in [1.54, 1.807) is 7.05 Å². The highest BCUT2D eigenvalue weighted by Crippen LogP contribution is 2.24. The number of rotatable bonds is 4. The van der Waals surface area contributed by atoms with Crippen molar-refractivity contribution in [3.05, 3.63) is 24.3 Å². The predicted molar refractivity (Wildman–Crippen MR) is 72.6 cm³/mol. The van der Waals surface area contributed by atoms with Crippen molar-refractivity contribution in [2.75, 3.05) is 30.9 Å².